The predicted molar refractivity (Wildman–Crippen MR) is 64.3 cm³/mol. The summed E-state index contributed by atoms with van der Waals surface area (Å²) in [7, 11) is 0. The van der Waals surface area contributed by atoms with Crippen molar-refractivity contribution in [3.63, 3.8) is 0 Å². The Hall–Kier alpha value is -2.77. The number of aromatic nitrogens is 6. The third kappa shape index (κ3) is 1.73. The van der Waals surface area contributed by atoms with Crippen LogP contribution in [0.5, 0.6) is 0 Å². The molecule has 0 saturated heterocycles. The molecule has 3 aromatic heterocycles. The number of hydrogen-bond donors (Lipinski definition) is 1. The van der Waals surface area contributed by atoms with Crippen LogP contribution in [0.1, 0.15) is 21.7 Å². The molecule has 0 amide bonds. The molecule has 0 fully saturated rings. The highest BCUT2D eigenvalue weighted by atomic mass is 16.4. The second kappa shape index (κ2) is 3.87. The monoisotopic (exact) mass is 258 g/mol. The van der Waals surface area contributed by atoms with Crippen LogP contribution in [0, 0.1) is 13.8 Å². The second-order valence-electron chi connectivity index (χ2n) is 4.11. The lowest BCUT2D eigenvalue weighted by atomic mass is 10.3. The average molecular weight is 258 g/mol. The largest absolute Gasteiger partial charge is 0.478 e. The Kier molecular flexibility index (Phi) is 2.31. The van der Waals surface area contributed by atoms with Crippen LogP contribution in [0.15, 0.2) is 18.6 Å². The van der Waals surface area contributed by atoms with Gasteiger partial charge in [0.2, 0.25) is 0 Å². The van der Waals surface area contributed by atoms with Crippen LogP contribution in [0.4, 0.5) is 0 Å². The molecular formula is C11H10N6O2. The smallest absolute Gasteiger partial charge is 0.339 e. The molecule has 0 spiro atoms. The standard InChI is InChI=1S/C11H10N6O2/c1-6-3-9(17-11(14-6)12-5-13-17)16-4-8(10(18)19)7(2)15-16/h3-5H,1-2H3,(H,18,19). The Bertz CT molecular complexity index is 788. The molecule has 96 valence electrons. The molecule has 0 atom stereocenters. The number of carboxylic acid groups (broad SMARTS) is 1. The lowest BCUT2D eigenvalue weighted by molar-refractivity contribution is 0.0696. The van der Waals surface area contributed by atoms with E-state index in [9.17, 15) is 4.79 Å². The Morgan fingerprint density at radius 1 is 1.37 bits per heavy atom. The van der Waals surface area contributed by atoms with Crippen LogP contribution in [0.3, 0.4) is 0 Å². The molecule has 0 aliphatic rings. The highest BCUT2D eigenvalue weighted by Gasteiger charge is 2.15. The van der Waals surface area contributed by atoms with Gasteiger partial charge in [0, 0.05) is 18.0 Å². The first-order valence-electron chi connectivity index (χ1n) is 5.53. The first-order chi connectivity index (χ1) is 9.06. The lowest BCUT2D eigenvalue weighted by Crippen LogP contribution is -2.06. The van der Waals surface area contributed by atoms with E-state index in [0.29, 0.717) is 17.3 Å². The molecule has 8 nitrogen and oxygen atoms in total. The Morgan fingerprint density at radius 2 is 2.16 bits per heavy atom. The quantitative estimate of drug-likeness (QED) is 0.723. The van der Waals surface area contributed by atoms with Gasteiger partial charge in [-0.05, 0) is 13.8 Å². The molecule has 8 heteroatoms. The fraction of sp³-hybridized carbons (Fsp3) is 0.182. The molecule has 3 aromatic rings. The van der Waals surface area contributed by atoms with Crippen molar-refractivity contribution in [3.05, 3.63) is 35.5 Å². The molecule has 0 aromatic carbocycles. The molecule has 1 N–H and O–H groups in total. The Morgan fingerprint density at radius 3 is 2.84 bits per heavy atom. The van der Waals surface area contributed by atoms with Gasteiger partial charge in [-0.1, -0.05) is 0 Å². The summed E-state index contributed by atoms with van der Waals surface area (Å²) in [5.74, 6) is 0.0278. The summed E-state index contributed by atoms with van der Waals surface area (Å²) in [5, 5.41) is 17.3. The number of carboxylic acids is 1. The van der Waals surface area contributed by atoms with E-state index in [2.05, 4.69) is 20.2 Å². The highest BCUT2D eigenvalue weighted by molar-refractivity contribution is 5.88. The zero-order valence-corrected chi connectivity index (χ0v) is 10.3. The summed E-state index contributed by atoms with van der Waals surface area (Å²) in [6, 6.07) is 1.76. The summed E-state index contributed by atoms with van der Waals surface area (Å²) in [6.07, 6.45) is 2.84. The zero-order chi connectivity index (χ0) is 13.6. The van der Waals surface area contributed by atoms with Crippen molar-refractivity contribution >= 4 is 11.7 Å². The van der Waals surface area contributed by atoms with Gasteiger partial charge in [0.1, 0.15) is 11.9 Å². The summed E-state index contributed by atoms with van der Waals surface area (Å²) < 4.78 is 2.97. The van der Waals surface area contributed by atoms with Crippen LogP contribution in [0.25, 0.3) is 11.6 Å². The van der Waals surface area contributed by atoms with Crippen LogP contribution in [0.2, 0.25) is 0 Å². The maximum absolute atomic E-state index is 11.0. The predicted octanol–water partition coefficient (Wildman–Crippen LogP) is 0.625. The van der Waals surface area contributed by atoms with Crippen LogP contribution in [-0.2, 0) is 0 Å². The molecule has 0 saturated carbocycles. The van der Waals surface area contributed by atoms with E-state index in [-0.39, 0.29) is 5.56 Å². The third-order valence-electron chi connectivity index (χ3n) is 2.73. The topological polar surface area (TPSA) is 98.2 Å². The SMILES string of the molecule is Cc1cc(-n2cc(C(=O)O)c(C)n2)n2ncnc2n1. The number of aryl methyl sites for hydroxylation is 2. The second-order valence-corrected chi connectivity index (χ2v) is 4.11. The molecule has 0 radical (unpaired) electrons. The van der Waals surface area contributed by atoms with E-state index in [1.807, 2.05) is 6.92 Å². The molecule has 19 heavy (non-hydrogen) atoms. The Balaban J connectivity index is 2.26. The fourth-order valence-corrected chi connectivity index (χ4v) is 1.86. The van der Waals surface area contributed by atoms with Gasteiger partial charge in [0.15, 0.2) is 5.82 Å². The molecular weight excluding hydrogens is 248 g/mol. The third-order valence-corrected chi connectivity index (χ3v) is 2.73. The number of aromatic carboxylic acids is 1. The maximum Gasteiger partial charge on any atom is 0.339 e. The minimum Gasteiger partial charge on any atom is -0.478 e. The summed E-state index contributed by atoms with van der Waals surface area (Å²) >= 11 is 0. The summed E-state index contributed by atoms with van der Waals surface area (Å²) in [6.45, 7) is 3.47. The van der Waals surface area contributed by atoms with Crippen LogP contribution < -0.4 is 0 Å². The average Bonchev–Trinajstić information content (AvgIpc) is 2.93. The maximum atomic E-state index is 11.0. The first-order valence-corrected chi connectivity index (χ1v) is 5.53. The van der Waals surface area contributed by atoms with Gasteiger partial charge in [-0.2, -0.15) is 19.7 Å². The van der Waals surface area contributed by atoms with E-state index >= 15 is 0 Å². The lowest BCUT2D eigenvalue weighted by Gasteiger charge is -2.04. The Labute approximate surface area is 107 Å². The van der Waals surface area contributed by atoms with Gasteiger partial charge in [-0.3, -0.25) is 0 Å². The first kappa shape index (κ1) is 11.3. The number of rotatable bonds is 2. The van der Waals surface area contributed by atoms with Crippen molar-refractivity contribution in [2.45, 2.75) is 13.8 Å². The molecule has 3 rings (SSSR count). The van der Waals surface area contributed by atoms with E-state index in [1.54, 1.807) is 13.0 Å². The van der Waals surface area contributed by atoms with Gasteiger partial charge < -0.3 is 5.11 Å². The van der Waals surface area contributed by atoms with Crippen molar-refractivity contribution in [2.75, 3.05) is 0 Å². The van der Waals surface area contributed by atoms with Gasteiger partial charge in [0.25, 0.3) is 5.78 Å². The number of fused-ring (bicyclic) bond motifs is 1. The van der Waals surface area contributed by atoms with Gasteiger partial charge in [0.05, 0.1) is 5.69 Å². The van der Waals surface area contributed by atoms with Crippen molar-refractivity contribution in [1.82, 2.24) is 29.4 Å². The zero-order valence-electron chi connectivity index (χ0n) is 10.3. The van der Waals surface area contributed by atoms with E-state index in [0.717, 1.165) is 5.69 Å². The minimum atomic E-state index is -1.01. The van der Waals surface area contributed by atoms with Crippen molar-refractivity contribution in [2.24, 2.45) is 0 Å². The van der Waals surface area contributed by atoms with Crippen molar-refractivity contribution < 1.29 is 9.90 Å². The number of carbonyl (C=O) groups is 1. The minimum absolute atomic E-state index is 0.155. The van der Waals surface area contributed by atoms with E-state index in [1.165, 1.54) is 21.7 Å². The number of hydrogen-bond acceptors (Lipinski definition) is 5. The van der Waals surface area contributed by atoms with Gasteiger partial charge >= 0.3 is 5.97 Å². The highest BCUT2D eigenvalue weighted by Crippen LogP contribution is 2.13. The van der Waals surface area contributed by atoms with Crippen molar-refractivity contribution in [1.29, 1.82) is 0 Å². The van der Waals surface area contributed by atoms with Crippen LogP contribution in [-0.4, -0.2) is 40.4 Å². The fourth-order valence-electron chi connectivity index (χ4n) is 1.86. The summed E-state index contributed by atoms with van der Waals surface area (Å²) in [5.41, 5.74) is 1.35. The molecule has 0 bridgehead atoms. The van der Waals surface area contributed by atoms with Gasteiger partial charge in [-0.15, -0.1) is 0 Å². The van der Waals surface area contributed by atoms with E-state index < -0.39 is 5.97 Å². The summed E-state index contributed by atoms with van der Waals surface area (Å²) in [4.78, 5) is 19.3. The van der Waals surface area contributed by atoms with E-state index in [4.69, 9.17) is 5.11 Å². The molecule has 0 unspecified atom stereocenters. The number of nitrogens with zero attached hydrogens (tertiary/aromatic N) is 6. The van der Waals surface area contributed by atoms with Crippen molar-refractivity contribution in [3.8, 4) is 5.82 Å². The van der Waals surface area contributed by atoms with Gasteiger partial charge in [-0.25, -0.2) is 14.5 Å². The molecule has 0 aliphatic carbocycles. The normalized spacial score (nSPS) is 11.1. The molecule has 0 aliphatic heterocycles. The van der Waals surface area contributed by atoms with Crippen LogP contribution >= 0.6 is 0 Å². The molecule has 3 heterocycles.